The molecule has 0 heterocycles. The molecule has 0 aliphatic rings. The first-order valence-corrected chi connectivity index (χ1v) is 13.9. The Balaban J connectivity index is -0.000000147. The van der Waals surface area contributed by atoms with E-state index in [1.54, 1.807) is 0 Å². The smallest absolute Gasteiger partial charge is 0.242 e. The Kier molecular flexibility index (Phi) is 30.3. The van der Waals surface area contributed by atoms with Crippen molar-refractivity contribution in [2.45, 2.75) is 44.9 Å². The number of carbonyl (C=O) groups is 2. The molecule has 0 aromatic rings. The Morgan fingerprint density at radius 3 is 1.60 bits per heavy atom. The Morgan fingerprint density at radius 2 is 1.32 bits per heavy atom. The third-order valence-corrected chi connectivity index (χ3v) is 9.28. The van der Waals surface area contributed by atoms with Crippen LogP contribution in [0.2, 0.25) is 25.2 Å². The van der Waals surface area contributed by atoms with Gasteiger partial charge in [0.05, 0.1) is 12.5 Å². The van der Waals surface area contributed by atoms with Gasteiger partial charge in [0.25, 0.3) is 0 Å². The SMILES string of the molecule is C=O.C=O.CCO[Si](C)(C)CCCN.CO[Si](CO)(CO)CCCN. The van der Waals surface area contributed by atoms with E-state index in [0.717, 1.165) is 32.0 Å². The molecule has 25 heavy (non-hydrogen) atoms. The number of nitrogens with two attached hydrogens (primary N) is 2. The summed E-state index contributed by atoms with van der Waals surface area (Å²) in [5.74, 6) is 0. The maximum Gasteiger partial charge on any atom is 0.242 e. The Hall–Kier alpha value is -0.466. The van der Waals surface area contributed by atoms with Gasteiger partial charge in [0.1, 0.15) is 13.6 Å². The van der Waals surface area contributed by atoms with E-state index in [2.05, 4.69) is 20.0 Å². The van der Waals surface area contributed by atoms with E-state index in [0.29, 0.717) is 6.54 Å². The average Bonchev–Trinajstić information content (AvgIpc) is 2.65. The van der Waals surface area contributed by atoms with Crippen molar-refractivity contribution in [1.29, 1.82) is 0 Å². The fraction of sp³-hybridized carbons (Fsp3) is 0.867. The maximum atomic E-state index is 8.94. The molecular formula is C15H40N2O6Si2. The molecule has 0 aromatic heterocycles. The summed E-state index contributed by atoms with van der Waals surface area (Å²) >= 11 is 0. The molecule has 0 radical (unpaired) electrons. The van der Waals surface area contributed by atoms with Gasteiger partial charge in [-0.3, -0.25) is 0 Å². The number of aliphatic hydroxyl groups excluding tert-OH is 2. The molecule has 0 saturated heterocycles. The highest BCUT2D eigenvalue weighted by Crippen LogP contribution is 2.12. The van der Waals surface area contributed by atoms with Crippen molar-refractivity contribution in [3.05, 3.63) is 0 Å². The van der Waals surface area contributed by atoms with Crippen molar-refractivity contribution < 1.29 is 28.7 Å². The molecule has 6 N–H and O–H groups in total. The van der Waals surface area contributed by atoms with E-state index in [9.17, 15) is 0 Å². The fourth-order valence-electron chi connectivity index (χ4n) is 1.85. The first-order valence-electron chi connectivity index (χ1n) is 8.25. The Bertz CT molecular complexity index is 250. The lowest BCUT2D eigenvalue weighted by Crippen LogP contribution is -2.46. The maximum absolute atomic E-state index is 8.94. The highest BCUT2D eigenvalue weighted by atomic mass is 28.4. The summed E-state index contributed by atoms with van der Waals surface area (Å²) in [5, 5.41) is 17.9. The van der Waals surface area contributed by atoms with Crippen LogP contribution < -0.4 is 11.5 Å². The molecule has 0 unspecified atom stereocenters. The largest absolute Gasteiger partial charge is 0.418 e. The second kappa shape index (κ2) is 23.5. The van der Waals surface area contributed by atoms with Gasteiger partial charge in [0.15, 0.2) is 8.32 Å². The van der Waals surface area contributed by atoms with Gasteiger partial charge in [0.2, 0.25) is 8.32 Å². The zero-order valence-corrected chi connectivity index (χ0v) is 18.5. The van der Waals surface area contributed by atoms with Gasteiger partial charge < -0.3 is 40.1 Å². The Morgan fingerprint density at radius 1 is 0.920 bits per heavy atom. The zero-order chi connectivity index (χ0) is 20.8. The normalized spacial score (nSPS) is 10.4. The van der Waals surface area contributed by atoms with Crippen LogP contribution in [-0.4, -0.2) is 79.7 Å². The minimum atomic E-state index is -2.21. The van der Waals surface area contributed by atoms with E-state index >= 15 is 0 Å². The number of rotatable bonds is 11. The van der Waals surface area contributed by atoms with Crippen LogP contribution >= 0.6 is 0 Å². The molecule has 0 aliphatic heterocycles. The van der Waals surface area contributed by atoms with E-state index in [1.807, 2.05) is 13.6 Å². The van der Waals surface area contributed by atoms with Crippen LogP contribution in [0.3, 0.4) is 0 Å². The average molecular weight is 401 g/mol. The second-order valence-electron chi connectivity index (χ2n) is 5.68. The first-order chi connectivity index (χ1) is 11.9. The molecule has 0 aliphatic carbocycles. The molecular weight excluding hydrogens is 360 g/mol. The van der Waals surface area contributed by atoms with Gasteiger partial charge >= 0.3 is 0 Å². The molecule has 0 amide bonds. The van der Waals surface area contributed by atoms with Crippen LogP contribution in [0.25, 0.3) is 0 Å². The summed E-state index contributed by atoms with van der Waals surface area (Å²) in [6.45, 7) is 12.8. The molecule has 8 nitrogen and oxygen atoms in total. The minimum absolute atomic E-state index is 0.0278. The van der Waals surface area contributed by atoms with Crippen molar-refractivity contribution in [2.24, 2.45) is 11.5 Å². The van der Waals surface area contributed by atoms with Crippen molar-refractivity contribution in [3.63, 3.8) is 0 Å². The van der Waals surface area contributed by atoms with Gasteiger partial charge in [-0.05, 0) is 58.0 Å². The lowest BCUT2D eigenvalue weighted by molar-refractivity contribution is -0.0987. The van der Waals surface area contributed by atoms with Crippen LogP contribution in [0, 0.1) is 0 Å². The Labute approximate surface area is 155 Å². The molecule has 10 heteroatoms. The van der Waals surface area contributed by atoms with Crippen LogP contribution in [0.5, 0.6) is 0 Å². The predicted octanol–water partition coefficient (Wildman–Crippen LogP) is 0.197. The van der Waals surface area contributed by atoms with E-state index in [1.165, 1.54) is 13.2 Å². The summed E-state index contributed by atoms with van der Waals surface area (Å²) in [7, 11) is -1.97. The molecule has 0 atom stereocenters. The molecule has 0 saturated carbocycles. The lowest BCUT2D eigenvalue weighted by Gasteiger charge is -2.24. The number of hydrogen-bond donors (Lipinski definition) is 4. The minimum Gasteiger partial charge on any atom is -0.418 e. The molecule has 0 spiro atoms. The fourth-order valence-corrected chi connectivity index (χ4v) is 5.56. The van der Waals surface area contributed by atoms with Crippen LogP contribution in [0.15, 0.2) is 0 Å². The number of aliphatic hydroxyl groups is 2. The summed E-state index contributed by atoms with van der Waals surface area (Å²) < 4.78 is 10.7. The monoisotopic (exact) mass is 400 g/mol. The van der Waals surface area contributed by atoms with E-state index in [4.69, 9.17) is 40.1 Å². The van der Waals surface area contributed by atoms with Crippen LogP contribution in [0.4, 0.5) is 0 Å². The molecule has 0 rings (SSSR count). The molecule has 0 fully saturated rings. The summed E-state index contributed by atoms with van der Waals surface area (Å²) in [6, 6.07) is 1.92. The highest BCUT2D eigenvalue weighted by molar-refractivity contribution is 6.73. The van der Waals surface area contributed by atoms with Gasteiger partial charge in [-0.1, -0.05) is 0 Å². The van der Waals surface area contributed by atoms with Gasteiger partial charge in [-0.15, -0.1) is 0 Å². The topological polar surface area (TPSA) is 145 Å². The van der Waals surface area contributed by atoms with Crippen molar-refractivity contribution >= 4 is 30.2 Å². The second-order valence-corrected chi connectivity index (χ2v) is 13.9. The highest BCUT2D eigenvalue weighted by Gasteiger charge is 2.31. The van der Waals surface area contributed by atoms with Gasteiger partial charge in [-0.25, -0.2) is 0 Å². The standard InChI is InChI=1S/C7H19NOSi.C6H17NO3Si.2CH2O/c1-4-9-10(2,3)7-5-6-8;1-10-11(5-8,6-9)4-2-3-7;2*1-2/h4-8H2,1-3H3;8-9H,2-7H2,1H3;2*1H2. The summed E-state index contributed by atoms with van der Waals surface area (Å²) in [4.78, 5) is 16.0. The quantitative estimate of drug-likeness (QED) is 0.360. The summed E-state index contributed by atoms with van der Waals surface area (Å²) in [5.41, 5.74) is 10.7. The third kappa shape index (κ3) is 21.5. The van der Waals surface area contributed by atoms with Crippen molar-refractivity contribution in [1.82, 2.24) is 0 Å². The zero-order valence-electron chi connectivity index (χ0n) is 16.5. The summed E-state index contributed by atoms with van der Waals surface area (Å²) in [6.07, 6.45) is 1.86. The van der Waals surface area contributed by atoms with Crippen molar-refractivity contribution in [2.75, 3.05) is 39.3 Å². The molecule has 0 aromatic carbocycles. The van der Waals surface area contributed by atoms with Crippen molar-refractivity contribution in [3.8, 4) is 0 Å². The predicted molar refractivity (Wildman–Crippen MR) is 107 cm³/mol. The van der Waals surface area contributed by atoms with E-state index < -0.39 is 16.6 Å². The number of carbonyl (C=O) groups excluding carboxylic acids is 2. The van der Waals surface area contributed by atoms with Crippen LogP contribution in [-0.2, 0) is 18.4 Å². The molecule has 154 valence electrons. The molecule has 0 bridgehead atoms. The number of hydrogen-bond acceptors (Lipinski definition) is 8. The lowest BCUT2D eigenvalue weighted by atomic mass is 10.5. The van der Waals surface area contributed by atoms with Crippen LogP contribution in [0.1, 0.15) is 19.8 Å². The van der Waals surface area contributed by atoms with Gasteiger partial charge in [-0.2, -0.15) is 0 Å². The first kappa shape index (κ1) is 32.2. The third-order valence-electron chi connectivity index (χ3n) is 3.36. The van der Waals surface area contributed by atoms with Gasteiger partial charge in [0, 0.05) is 13.7 Å². The van der Waals surface area contributed by atoms with E-state index in [-0.39, 0.29) is 12.5 Å².